The van der Waals surface area contributed by atoms with E-state index in [1.807, 2.05) is 0 Å². The predicted molar refractivity (Wildman–Crippen MR) is 84.6 cm³/mol. The third-order valence-electron chi connectivity index (χ3n) is 4.00. The lowest BCUT2D eigenvalue weighted by atomic mass is 9.90. The van der Waals surface area contributed by atoms with Gasteiger partial charge >= 0.3 is 0 Å². The first kappa shape index (κ1) is 17.3. The van der Waals surface area contributed by atoms with Crippen molar-refractivity contribution in [2.45, 2.75) is 51.7 Å². The quantitative estimate of drug-likeness (QED) is 0.731. The van der Waals surface area contributed by atoms with Gasteiger partial charge in [0.1, 0.15) is 18.5 Å². The van der Waals surface area contributed by atoms with E-state index in [1.165, 1.54) is 0 Å². The Labute approximate surface area is 127 Å². The fraction of sp³-hybridized carbons (Fsp3) is 0.625. The summed E-state index contributed by atoms with van der Waals surface area (Å²) >= 11 is 5.81. The summed E-state index contributed by atoms with van der Waals surface area (Å²) in [5.41, 5.74) is 0.126. The second-order valence-electron chi connectivity index (χ2n) is 5.14. The average molecular weight is 300 g/mol. The molecule has 1 unspecified atom stereocenters. The number of aliphatic hydroxyl groups excluding tert-OH is 1. The zero-order valence-electron chi connectivity index (χ0n) is 12.7. The lowest BCUT2D eigenvalue weighted by Crippen LogP contribution is -2.47. The van der Waals surface area contributed by atoms with Crippen molar-refractivity contribution in [3.8, 4) is 5.75 Å². The first-order valence-electron chi connectivity index (χ1n) is 7.36. The van der Waals surface area contributed by atoms with E-state index in [9.17, 15) is 5.11 Å². The topological polar surface area (TPSA) is 41.5 Å². The Morgan fingerprint density at radius 2 is 1.70 bits per heavy atom. The van der Waals surface area contributed by atoms with E-state index in [0.29, 0.717) is 11.6 Å². The highest BCUT2D eigenvalue weighted by Crippen LogP contribution is 2.19. The summed E-state index contributed by atoms with van der Waals surface area (Å²) in [6.07, 6.45) is 2.66. The zero-order valence-corrected chi connectivity index (χ0v) is 13.4. The molecule has 0 aliphatic rings. The Hall–Kier alpha value is -0.770. The number of nitrogens with one attached hydrogen (secondary N) is 1. The fourth-order valence-electron chi connectivity index (χ4n) is 2.24. The van der Waals surface area contributed by atoms with Crippen molar-refractivity contribution in [1.82, 2.24) is 5.32 Å². The summed E-state index contributed by atoms with van der Waals surface area (Å²) in [6, 6.07) is 7.16. The standard InChI is InChI=1S/C16H26ClNO2/c1-4-16(5-2,6-3)18-11-14(19)12-20-15-9-7-13(17)8-10-15/h7-10,14,18-19H,4-6,11-12H2,1-3H3. The van der Waals surface area contributed by atoms with Gasteiger partial charge in [-0.3, -0.25) is 0 Å². The molecule has 1 rings (SSSR count). The molecule has 1 aromatic rings. The maximum absolute atomic E-state index is 10.0. The lowest BCUT2D eigenvalue weighted by Gasteiger charge is -2.33. The van der Waals surface area contributed by atoms with E-state index >= 15 is 0 Å². The molecule has 1 atom stereocenters. The minimum atomic E-state index is -0.519. The molecule has 4 heteroatoms. The molecule has 0 aliphatic heterocycles. The van der Waals surface area contributed by atoms with Gasteiger partial charge in [0.2, 0.25) is 0 Å². The van der Waals surface area contributed by atoms with Gasteiger partial charge in [-0.2, -0.15) is 0 Å². The van der Waals surface area contributed by atoms with Gasteiger partial charge in [0, 0.05) is 17.1 Å². The van der Waals surface area contributed by atoms with Gasteiger partial charge in [-0.1, -0.05) is 32.4 Å². The van der Waals surface area contributed by atoms with E-state index in [4.69, 9.17) is 16.3 Å². The van der Waals surface area contributed by atoms with Crippen LogP contribution in [0.1, 0.15) is 40.0 Å². The minimum Gasteiger partial charge on any atom is -0.491 e. The Kier molecular flexibility index (Phi) is 7.35. The van der Waals surface area contributed by atoms with Crippen LogP contribution in [0.15, 0.2) is 24.3 Å². The molecule has 3 nitrogen and oxygen atoms in total. The SMILES string of the molecule is CCC(CC)(CC)NCC(O)COc1ccc(Cl)cc1. The molecular formula is C16H26ClNO2. The number of rotatable bonds is 9. The molecule has 0 radical (unpaired) electrons. The molecule has 0 aliphatic carbocycles. The first-order valence-corrected chi connectivity index (χ1v) is 7.74. The molecule has 0 amide bonds. The van der Waals surface area contributed by atoms with Crippen molar-refractivity contribution in [3.63, 3.8) is 0 Å². The number of β-amino-alcohol motifs (C(OH)–C–C–N with tert-alkyl or cyclic N) is 1. The van der Waals surface area contributed by atoms with Crippen LogP contribution in [-0.4, -0.2) is 29.9 Å². The van der Waals surface area contributed by atoms with Gasteiger partial charge in [-0.15, -0.1) is 0 Å². The van der Waals surface area contributed by atoms with E-state index in [-0.39, 0.29) is 12.1 Å². The maximum atomic E-state index is 10.0. The molecule has 0 aromatic heterocycles. The lowest BCUT2D eigenvalue weighted by molar-refractivity contribution is 0.0943. The highest BCUT2D eigenvalue weighted by atomic mass is 35.5. The van der Waals surface area contributed by atoms with Crippen molar-refractivity contribution < 1.29 is 9.84 Å². The van der Waals surface area contributed by atoms with Gasteiger partial charge in [-0.05, 0) is 43.5 Å². The first-order chi connectivity index (χ1) is 9.55. The second-order valence-corrected chi connectivity index (χ2v) is 5.58. The third kappa shape index (κ3) is 5.31. The van der Waals surface area contributed by atoms with Crippen LogP contribution in [0.3, 0.4) is 0 Å². The zero-order chi connectivity index (χ0) is 15.0. The van der Waals surface area contributed by atoms with Crippen molar-refractivity contribution in [3.05, 3.63) is 29.3 Å². The molecule has 2 N–H and O–H groups in total. The largest absolute Gasteiger partial charge is 0.491 e. The highest BCUT2D eigenvalue weighted by Gasteiger charge is 2.23. The maximum Gasteiger partial charge on any atom is 0.119 e. The van der Waals surface area contributed by atoms with Gasteiger partial charge in [0.05, 0.1) is 0 Å². The molecule has 1 aromatic carbocycles. The van der Waals surface area contributed by atoms with Crippen LogP contribution in [0.25, 0.3) is 0 Å². The van der Waals surface area contributed by atoms with Gasteiger partial charge in [-0.25, -0.2) is 0 Å². The third-order valence-corrected chi connectivity index (χ3v) is 4.25. The van der Waals surface area contributed by atoms with Gasteiger partial charge < -0.3 is 15.2 Å². The number of halogens is 1. The van der Waals surface area contributed by atoms with Gasteiger partial charge in [0.15, 0.2) is 0 Å². The molecule has 0 heterocycles. The smallest absolute Gasteiger partial charge is 0.119 e. The summed E-state index contributed by atoms with van der Waals surface area (Å²) in [5, 5.41) is 14.2. The minimum absolute atomic E-state index is 0.126. The highest BCUT2D eigenvalue weighted by molar-refractivity contribution is 6.30. The average Bonchev–Trinajstić information content (AvgIpc) is 2.48. The van der Waals surface area contributed by atoms with Crippen LogP contribution in [0, 0.1) is 0 Å². The van der Waals surface area contributed by atoms with E-state index in [2.05, 4.69) is 26.1 Å². The Balaban J connectivity index is 2.36. The Bertz CT molecular complexity index is 368. The van der Waals surface area contributed by atoms with Crippen LogP contribution in [0.2, 0.25) is 5.02 Å². The van der Waals surface area contributed by atoms with E-state index in [0.717, 1.165) is 25.0 Å². The summed E-state index contributed by atoms with van der Waals surface area (Å²) in [5.74, 6) is 0.723. The molecule has 114 valence electrons. The number of ether oxygens (including phenoxy) is 1. The normalized spacial score (nSPS) is 13.2. The second kappa shape index (κ2) is 8.50. The molecule has 0 fully saturated rings. The van der Waals surface area contributed by atoms with Crippen LogP contribution < -0.4 is 10.1 Å². The van der Waals surface area contributed by atoms with Crippen molar-refractivity contribution in [2.24, 2.45) is 0 Å². The summed E-state index contributed by atoms with van der Waals surface area (Å²) < 4.78 is 5.54. The monoisotopic (exact) mass is 299 g/mol. The molecule has 0 saturated heterocycles. The molecule has 0 spiro atoms. The van der Waals surface area contributed by atoms with Crippen LogP contribution >= 0.6 is 11.6 Å². The summed E-state index contributed by atoms with van der Waals surface area (Å²) in [4.78, 5) is 0. The van der Waals surface area contributed by atoms with Crippen molar-refractivity contribution in [2.75, 3.05) is 13.2 Å². The van der Waals surface area contributed by atoms with Crippen molar-refractivity contribution in [1.29, 1.82) is 0 Å². The molecular weight excluding hydrogens is 274 g/mol. The van der Waals surface area contributed by atoms with E-state index in [1.54, 1.807) is 24.3 Å². The number of benzene rings is 1. The fourth-order valence-corrected chi connectivity index (χ4v) is 2.37. The number of hydrogen-bond acceptors (Lipinski definition) is 3. The number of hydrogen-bond donors (Lipinski definition) is 2. The summed E-state index contributed by atoms with van der Waals surface area (Å²) in [6.45, 7) is 7.36. The molecule has 0 saturated carbocycles. The summed E-state index contributed by atoms with van der Waals surface area (Å²) in [7, 11) is 0. The van der Waals surface area contributed by atoms with Crippen LogP contribution in [0.4, 0.5) is 0 Å². The van der Waals surface area contributed by atoms with Gasteiger partial charge in [0.25, 0.3) is 0 Å². The molecule has 20 heavy (non-hydrogen) atoms. The van der Waals surface area contributed by atoms with E-state index < -0.39 is 6.10 Å². The molecule has 0 bridgehead atoms. The Morgan fingerprint density at radius 3 is 2.20 bits per heavy atom. The van der Waals surface area contributed by atoms with Crippen LogP contribution in [-0.2, 0) is 0 Å². The number of aliphatic hydroxyl groups is 1. The Morgan fingerprint density at radius 1 is 1.15 bits per heavy atom. The van der Waals surface area contributed by atoms with Crippen molar-refractivity contribution >= 4 is 11.6 Å². The predicted octanol–water partition coefficient (Wildman–Crippen LogP) is 3.64. The van der Waals surface area contributed by atoms with Crippen LogP contribution in [0.5, 0.6) is 5.75 Å².